The van der Waals surface area contributed by atoms with Crippen molar-refractivity contribution in [3.05, 3.63) is 80.7 Å². The van der Waals surface area contributed by atoms with Crippen LogP contribution in [-0.2, 0) is 0 Å². The third kappa shape index (κ3) is 4.44. The zero-order valence-corrected chi connectivity index (χ0v) is 18.1. The normalized spacial score (nSPS) is 11.2. The number of methoxy groups -OCH3 is 1. The molecule has 0 aliphatic heterocycles. The minimum atomic E-state index is -0.460. The number of fused-ring (bicyclic) bond motifs is 1. The summed E-state index contributed by atoms with van der Waals surface area (Å²) in [6.45, 7) is 1.90. The average Bonchev–Trinajstić information content (AvgIpc) is 3.40. The Balaban J connectivity index is 1.75. The highest BCUT2D eigenvalue weighted by Crippen LogP contribution is 2.32. The molecule has 0 N–H and O–H groups in total. The number of carbonyl (C=O) groups excluding carboxylic acids is 1. The number of thiazole rings is 1. The number of ether oxygens (including phenoxy) is 1. The number of hydrogen-bond acceptors (Lipinski definition) is 8. The van der Waals surface area contributed by atoms with E-state index in [0.717, 1.165) is 21.6 Å². The van der Waals surface area contributed by atoms with E-state index in [0.29, 0.717) is 26.8 Å². The first kappa shape index (κ1) is 20.6. The Morgan fingerprint density at radius 3 is 2.74 bits per heavy atom. The first-order valence-corrected chi connectivity index (χ1v) is 10.7. The van der Waals surface area contributed by atoms with Gasteiger partial charge >= 0.3 is 5.00 Å². The summed E-state index contributed by atoms with van der Waals surface area (Å²) in [5.41, 5.74) is 2.12. The number of nitrogens with zero attached hydrogens (tertiary/aromatic N) is 4. The van der Waals surface area contributed by atoms with Crippen LogP contribution >= 0.6 is 22.7 Å². The van der Waals surface area contributed by atoms with Gasteiger partial charge in [0.25, 0.3) is 5.91 Å². The molecule has 4 aromatic rings. The van der Waals surface area contributed by atoms with Crippen molar-refractivity contribution in [2.75, 3.05) is 12.1 Å². The number of carbonyl (C=O) groups is 1. The predicted molar refractivity (Wildman–Crippen MR) is 123 cm³/mol. The number of thiophene rings is 1. The van der Waals surface area contributed by atoms with Gasteiger partial charge in [0.15, 0.2) is 0 Å². The van der Waals surface area contributed by atoms with Crippen LogP contribution < -0.4 is 9.75 Å². The van der Waals surface area contributed by atoms with Gasteiger partial charge in [0, 0.05) is 11.6 Å². The zero-order chi connectivity index (χ0) is 22.0. The Hall–Kier alpha value is -3.63. The fourth-order valence-corrected chi connectivity index (χ4v) is 4.46. The zero-order valence-electron chi connectivity index (χ0n) is 16.5. The summed E-state index contributed by atoms with van der Waals surface area (Å²) in [5.74, 6) is 0.339. The van der Waals surface area contributed by atoms with E-state index in [1.54, 1.807) is 37.4 Å². The molecule has 0 atom stereocenters. The summed E-state index contributed by atoms with van der Waals surface area (Å²) in [7, 11) is 1.58. The van der Waals surface area contributed by atoms with Crippen molar-refractivity contribution in [2.45, 2.75) is 6.92 Å². The predicted octanol–water partition coefficient (Wildman–Crippen LogP) is 5.26. The van der Waals surface area contributed by atoms with Crippen LogP contribution in [0.1, 0.15) is 20.8 Å². The first-order chi connectivity index (χ1) is 14.9. The van der Waals surface area contributed by atoms with Crippen LogP contribution in [0.2, 0.25) is 0 Å². The second-order valence-corrected chi connectivity index (χ2v) is 8.60. The molecule has 2 heterocycles. The van der Waals surface area contributed by atoms with Crippen molar-refractivity contribution >= 4 is 55.1 Å². The Bertz CT molecular complexity index is 1310. The minimum Gasteiger partial charge on any atom is -0.497 e. The van der Waals surface area contributed by atoms with Crippen LogP contribution in [0.4, 0.5) is 10.1 Å². The Kier molecular flexibility index (Phi) is 5.74. The minimum absolute atomic E-state index is 0.00472. The van der Waals surface area contributed by atoms with Crippen molar-refractivity contribution in [3.63, 3.8) is 0 Å². The van der Waals surface area contributed by atoms with Gasteiger partial charge in [-0.15, -0.1) is 0 Å². The second-order valence-electron chi connectivity index (χ2n) is 6.49. The number of aromatic nitrogens is 1. The number of rotatable bonds is 6. The number of hydrogen-bond donors (Lipinski definition) is 0. The lowest BCUT2D eigenvalue weighted by Crippen LogP contribution is -2.25. The quantitative estimate of drug-likeness (QED) is 0.226. The van der Waals surface area contributed by atoms with Crippen LogP contribution in [0, 0.1) is 17.0 Å². The van der Waals surface area contributed by atoms with Gasteiger partial charge in [-0.25, -0.2) is 4.98 Å². The molecule has 0 saturated heterocycles. The molecule has 31 heavy (non-hydrogen) atoms. The van der Waals surface area contributed by atoms with Crippen LogP contribution in [-0.4, -0.2) is 29.1 Å². The van der Waals surface area contributed by atoms with E-state index in [2.05, 4.69) is 10.1 Å². The second kappa shape index (κ2) is 8.62. The molecule has 156 valence electrons. The molecule has 0 fully saturated rings. The summed E-state index contributed by atoms with van der Waals surface area (Å²) in [6.07, 6.45) is 1.43. The first-order valence-electron chi connectivity index (χ1n) is 9.08. The van der Waals surface area contributed by atoms with Crippen LogP contribution in [0.5, 0.6) is 5.75 Å². The smallest absolute Gasteiger partial charge is 0.324 e. The topological polar surface area (TPSA) is 97.9 Å². The van der Waals surface area contributed by atoms with Gasteiger partial charge in [0.1, 0.15) is 5.75 Å². The Morgan fingerprint density at radius 2 is 2.03 bits per heavy atom. The fourth-order valence-electron chi connectivity index (χ4n) is 2.82. The monoisotopic (exact) mass is 452 g/mol. The molecule has 0 saturated carbocycles. The summed E-state index contributed by atoms with van der Waals surface area (Å²) < 4.78 is 6.11. The van der Waals surface area contributed by atoms with Crippen LogP contribution in [0.25, 0.3) is 10.2 Å². The van der Waals surface area contributed by atoms with Crippen LogP contribution in [0.3, 0.4) is 0 Å². The van der Waals surface area contributed by atoms with E-state index in [4.69, 9.17) is 4.74 Å². The lowest BCUT2D eigenvalue weighted by molar-refractivity contribution is -0.380. The van der Waals surface area contributed by atoms with Crippen molar-refractivity contribution in [2.24, 2.45) is 5.10 Å². The Labute approximate surface area is 185 Å². The molecule has 1 amide bonds. The van der Waals surface area contributed by atoms with Crippen molar-refractivity contribution in [1.29, 1.82) is 0 Å². The summed E-state index contributed by atoms with van der Waals surface area (Å²) in [5, 5.41) is 16.9. The lowest BCUT2D eigenvalue weighted by Gasteiger charge is -2.14. The molecular formula is C21H16N4O4S2. The molecule has 2 aromatic heterocycles. The van der Waals surface area contributed by atoms with Crippen LogP contribution in [0.15, 0.2) is 59.7 Å². The molecule has 4 rings (SSSR count). The van der Waals surface area contributed by atoms with E-state index < -0.39 is 4.92 Å². The third-order valence-electron chi connectivity index (χ3n) is 4.32. The summed E-state index contributed by atoms with van der Waals surface area (Å²) in [4.78, 5) is 28.9. The van der Waals surface area contributed by atoms with Gasteiger partial charge in [-0.1, -0.05) is 40.4 Å². The van der Waals surface area contributed by atoms with E-state index in [1.165, 1.54) is 28.6 Å². The van der Waals surface area contributed by atoms with E-state index >= 15 is 0 Å². The number of amides is 1. The molecule has 8 nitrogen and oxygen atoms in total. The SMILES string of the molecule is COc1ccc2nc(N(/N=C/c3ccc([N+](=O)[O-])s3)C(=O)c3cccc(C)c3)sc2c1. The summed E-state index contributed by atoms with van der Waals surface area (Å²) in [6, 6.07) is 15.6. The number of benzene rings is 2. The largest absolute Gasteiger partial charge is 0.497 e. The molecule has 0 unspecified atom stereocenters. The highest BCUT2D eigenvalue weighted by Gasteiger charge is 2.21. The molecule has 0 spiro atoms. The van der Waals surface area contributed by atoms with Gasteiger partial charge in [0.05, 0.1) is 33.3 Å². The molecule has 0 radical (unpaired) electrons. The standard InChI is InChI=1S/C21H16N4O4S2/c1-13-4-3-5-14(10-13)20(26)24(22-12-16-7-9-19(30-16)25(27)28)21-23-17-8-6-15(29-2)11-18(17)31-21/h3-12H,1-2H3/b22-12+. The van der Waals surface area contributed by atoms with E-state index in [1.807, 2.05) is 25.1 Å². The number of anilines is 1. The number of nitro groups is 1. The molecule has 0 aliphatic carbocycles. The molecule has 0 bridgehead atoms. The van der Waals surface area contributed by atoms with Gasteiger partial charge in [-0.05, 0) is 43.3 Å². The molecule has 2 aromatic carbocycles. The maximum atomic E-state index is 13.3. The highest BCUT2D eigenvalue weighted by atomic mass is 32.1. The fraction of sp³-hybridized carbons (Fsp3) is 0.0952. The number of hydrazone groups is 1. The molecule has 10 heteroatoms. The van der Waals surface area contributed by atoms with E-state index in [-0.39, 0.29) is 10.9 Å². The van der Waals surface area contributed by atoms with Gasteiger partial charge in [0.2, 0.25) is 5.13 Å². The average molecular weight is 453 g/mol. The maximum absolute atomic E-state index is 13.3. The van der Waals surface area contributed by atoms with Crippen molar-refractivity contribution in [1.82, 2.24) is 4.98 Å². The number of aryl methyl sites for hydroxylation is 1. The van der Waals surface area contributed by atoms with Gasteiger partial charge in [-0.2, -0.15) is 10.1 Å². The highest BCUT2D eigenvalue weighted by molar-refractivity contribution is 7.22. The van der Waals surface area contributed by atoms with E-state index in [9.17, 15) is 14.9 Å². The van der Waals surface area contributed by atoms with Crippen molar-refractivity contribution in [3.8, 4) is 5.75 Å². The summed E-state index contributed by atoms with van der Waals surface area (Å²) >= 11 is 2.28. The van der Waals surface area contributed by atoms with Crippen molar-refractivity contribution < 1.29 is 14.5 Å². The van der Waals surface area contributed by atoms with Gasteiger partial charge < -0.3 is 4.74 Å². The maximum Gasteiger partial charge on any atom is 0.324 e. The van der Waals surface area contributed by atoms with Gasteiger partial charge in [-0.3, -0.25) is 14.9 Å². The third-order valence-corrected chi connectivity index (χ3v) is 6.28. The molecular weight excluding hydrogens is 436 g/mol. The lowest BCUT2D eigenvalue weighted by atomic mass is 10.1. The Morgan fingerprint density at radius 1 is 1.19 bits per heavy atom. The molecule has 0 aliphatic rings.